The third-order valence-corrected chi connectivity index (χ3v) is 4.41. The number of nitriles is 1. The highest BCUT2D eigenvalue weighted by atomic mass is 16.2. The topological polar surface area (TPSA) is 52.9 Å². The molecule has 0 saturated heterocycles. The monoisotopic (exact) mass is 256 g/mol. The van der Waals surface area contributed by atoms with Crippen LogP contribution in [0.4, 0.5) is 0 Å². The molecular formula is C16H20N2O. The molecule has 0 fully saturated rings. The Morgan fingerprint density at radius 2 is 1.84 bits per heavy atom. The lowest BCUT2D eigenvalue weighted by Crippen LogP contribution is -2.56. The van der Waals surface area contributed by atoms with Crippen LogP contribution in [-0.2, 0) is 15.7 Å². The third kappa shape index (κ3) is 1.83. The molecule has 0 radical (unpaired) electrons. The maximum Gasteiger partial charge on any atom is 0.231 e. The first-order chi connectivity index (χ1) is 8.91. The Bertz CT molecular complexity index is 563. The lowest BCUT2D eigenvalue weighted by molar-refractivity contribution is -0.130. The van der Waals surface area contributed by atoms with Crippen molar-refractivity contribution in [1.29, 1.82) is 5.26 Å². The van der Waals surface area contributed by atoms with Crippen molar-refractivity contribution in [2.75, 3.05) is 0 Å². The first kappa shape index (κ1) is 13.6. The smallest absolute Gasteiger partial charge is 0.231 e. The standard InChI is InChI=1S/C16H20N2O/c1-5-16(6-2)13-9-11(10-17)7-8-12(13)15(3,4)18-14(16)19/h7-9H,5-6H2,1-4H3,(H,18,19). The summed E-state index contributed by atoms with van der Waals surface area (Å²) >= 11 is 0. The zero-order chi connectivity index (χ0) is 14.3. The van der Waals surface area contributed by atoms with Crippen molar-refractivity contribution in [3.05, 3.63) is 34.9 Å². The van der Waals surface area contributed by atoms with Crippen LogP contribution in [0.1, 0.15) is 57.2 Å². The average molecular weight is 256 g/mol. The van der Waals surface area contributed by atoms with Crippen molar-refractivity contribution in [2.24, 2.45) is 0 Å². The fourth-order valence-corrected chi connectivity index (χ4v) is 3.10. The predicted octanol–water partition coefficient (Wildman–Crippen LogP) is 2.98. The number of fused-ring (bicyclic) bond motifs is 1. The Kier molecular flexibility index (Phi) is 3.14. The molecule has 1 aliphatic heterocycles. The molecule has 0 bridgehead atoms. The Morgan fingerprint density at radius 1 is 1.21 bits per heavy atom. The number of amides is 1. The lowest BCUT2D eigenvalue weighted by Gasteiger charge is -2.44. The molecule has 1 amide bonds. The van der Waals surface area contributed by atoms with Gasteiger partial charge in [-0.2, -0.15) is 5.26 Å². The molecule has 0 aliphatic carbocycles. The highest BCUT2D eigenvalue weighted by Crippen LogP contribution is 2.42. The maximum absolute atomic E-state index is 12.6. The van der Waals surface area contributed by atoms with E-state index in [1.54, 1.807) is 0 Å². The molecule has 0 atom stereocenters. The second-order valence-corrected chi connectivity index (χ2v) is 5.74. The summed E-state index contributed by atoms with van der Waals surface area (Å²) in [6.45, 7) is 8.07. The van der Waals surface area contributed by atoms with Crippen LogP contribution in [0, 0.1) is 11.3 Å². The van der Waals surface area contributed by atoms with Gasteiger partial charge in [0, 0.05) is 0 Å². The molecule has 3 heteroatoms. The largest absolute Gasteiger partial charge is 0.346 e. The van der Waals surface area contributed by atoms with E-state index in [1.807, 2.05) is 45.9 Å². The van der Waals surface area contributed by atoms with Gasteiger partial charge in [0.25, 0.3) is 0 Å². The summed E-state index contributed by atoms with van der Waals surface area (Å²) in [4.78, 5) is 12.6. The SMILES string of the molecule is CCC1(CC)C(=O)NC(C)(C)c2ccc(C#N)cc21. The minimum absolute atomic E-state index is 0.0742. The van der Waals surface area contributed by atoms with Crippen LogP contribution in [0.25, 0.3) is 0 Å². The zero-order valence-corrected chi connectivity index (χ0v) is 12.0. The van der Waals surface area contributed by atoms with Crippen LogP contribution in [0.2, 0.25) is 0 Å². The summed E-state index contributed by atoms with van der Waals surface area (Å²) in [6.07, 6.45) is 1.49. The van der Waals surface area contributed by atoms with Crippen molar-refractivity contribution in [1.82, 2.24) is 5.32 Å². The van der Waals surface area contributed by atoms with E-state index in [1.165, 1.54) is 0 Å². The van der Waals surface area contributed by atoms with Gasteiger partial charge in [-0.15, -0.1) is 0 Å². The van der Waals surface area contributed by atoms with E-state index < -0.39 is 5.41 Å². The van der Waals surface area contributed by atoms with Crippen LogP contribution in [0.5, 0.6) is 0 Å². The second-order valence-electron chi connectivity index (χ2n) is 5.74. The van der Waals surface area contributed by atoms with Gasteiger partial charge in [0.2, 0.25) is 5.91 Å². The first-order valence-electron chi connectivity index (χ1n) is 6.79. The van der Waals surface area contributed by atoms with Gasteiger partial charge in [0.05, 0.1) is 22.6 Å². The molecule has 1 aromatic rings. The van der Waals surface area contributed by atoms with Crippen molar-refractivity contribution in [3.8, 4) is 6.07 Å². The quantitative estimate of drug-likeness (QED) is 0.884. The summed E-state index contributed by atoms with van der Waals surface area (Å²) in [7, 11) is 0. The van der Waals surface area contributed by atoms with Crippen LogP contribution in [0.3, 0.4) is 0 Å². The fraction of sp³-hybridized carbons (Fsp3) is 0.500. The predicted molar refractivity (Wildman–Crippen MR) is 74.6 cm³/mol. The third-order valence-electron chi connectivity index (χ3n) is 4.41. The van der Waals surface area contributed by atoms with Crippen LogP contribution in [-0.4, -0.2) is 5.91 Å². The molecule has 0 saturated carbocycles. The molecule has 19 heavy (non-hydrogen) atoms. The Labute approximate surface area is 114 Å². The van der Waals surface area contributed by atoms with Crippen LogP contribution in [0.15, 0.2) is 18.2 Å². The van der Waals surface area contributed by atoms with Crippen molar-refractivity contribution in [3.63, 3.8) is 0 Å². The maximum atomic E-state index is 12.6. The van der Waals surface area contributed by atoms with Crippen LogP contribution >= 0.6 is 0 Å². The van der Waals surface area contributed by atoms with Gasteiger partial charge in [-0.25, -0.2) is 0 Å². The average Bonchev–Trinajstić information content (AvgIpc) is 2.39. The number of nitrogens with one attached hydrogen (secondary N) is 1. The van der Waals surface area contributed by atoms with Crippen LogP contribution < -0.4 is 5.32 Å². The summed E-state index contributed by atoms with van der Waals surface area (Å²) in [5, 5.41) is 12.2. The van der Waals surface area contributed by atoms with Gasteiger partial charge in [-0.1, -0.05) is 19.9 Å². The molecule has 0 aromatic heterocycles. The van der Waals surface area contributed by atoms with E-state index in [-0.39, 0.29) is 11.4 Å². The molecule has 1 aliphatic rings. The molecule has 0 unspecified atom stereocenters. The molecule has 0 spiro atoms. The van der Waals surface area contributed by atoms with E-state index in [0.717, 1.165) is 24.0 Å². The molecule has 100 valence electrons. The van der Waals surface area contributed by atoms with E-state index >= 15 is 0 Å². The Hall–Kier alpha value is -1.82. The van der Waals surface area contributed by atoms with Gasteiger partial charge in [0.15, 0.2) is 0 Å². The van der Waals surface area contributed by atoms with Crippen molar-refractivity contribution >= 4 is 5.91 Å². The number of hydrogen-bond donors (Lipinski definition) is 1. The molecular weight excluding hydrogens is 236 g/mol. The highest BCUT2D eigenvalue weighted by Gasteiger charge is 2.46. The van der Waals surface area contributed by atoms with Gasteiger partial charge >= 0.3 is 0 Å². The fourth-order valence-electron chi connectivity index (χ4n) is 3.10. The van der Waals surface area contributed by atoms with Crippen molar-refractivity contribution < 1.29 is 4.79 Å². The first-order valence-corrected chi connectivity index (χ1v) is 6.79. The van der Waals surface area contributed by atoms with E-state index in [2.05, 4.69) is 11.4 Å². The number of nitrogens with zero attached hydrogens (tertiary/aromatic N) is 1. The summed E-state index contributed by atoms with van der Waals surface area (Å²) in [5.74, 6) is 0.0742. The van der Waals surface area contributed by atoms with E-state index in [0.29, 0.717) is 5.56 Å². The summed E-state index contributed by atoms with van der Waals surface area (Å²) in [5.41, 5.74) is 1.88. The molecule has 2 rings (SSSR count). The Morgan fingerprint density at radius 3 is 2.37 bits per heavy atom. The lowest BCUT2D eigenvalue weighted by atomic mass is 9.67. The highest BCUT2D eigenvalue weighted by molar-refractivity contribution is 5.91. The van der Waals surface area contributed by atoms with Gasteiger partial charge < -0.3 is 5.32 Å². The number of benzene rings is 1. The Balaban J connectivity index is 2.77. The number of carbonyl (C=O) groups is 1. The van der Waals surface area contributed by atoms with Gasteiger partial charge in [0.1, 0.15) is 0 Å². The number of rotatable bonds is 2. The molecule has 1 heterocycles. The molecule has 1 N–H and O–H groups in total. The normalized spacial score (nSPS) is 19.2. The van der Waals surface area contributed by atoms with E-state index in [9.17, 15) is 4.79 Å². The van der Waals surface area contributed by atoms with Gasteiger partial charge in [-0.05, 0) is 49.9 Å². The number of hydrogen-bond acceptors (Lipinski definition) is 2. The molecule has 1 aromatic carbocycles. The zero-order valence-electron chi connectivity index (χ0n) is 12.0. The number of carbonyl (C=O) groups excluding carboxylic acids is 1. The van der Waals surface area contributed by atoms with Gasteiger partial charge in [-0.3, -0.25) is 4.79 Å². The summed E-state index contributed by atoms with van der Waals surface area (Å²) in [6, 6.07) is 7.87. The minimum atomic E-state index is -0.502. The second kappa shape index (κ2) is 4.38. The summed E-state index contributed by atoms with van der Waals surface area (Å²) < 4.78 is 0. The molecule has 3 nitrogen and oxygen atoms in total. The minimum Gasteiger partial charge on any atom is -0.346 e. The van der Waals surface area contributed by atoms with Crippen molar-refractivity contribution in [2.45, 2.75) is 51.5 Å². The van der Waals surface area contributed by atoms with E-state index in [4.69, 9.17) is 5.26 Å².